The molecule has 0 bridgehead atoms. The van der Waals surface area contributed by atoms with Crippen LogP contribution in [0.15, 0.2) is 59.4 Å². The fourth-order valence-electron chi connectivity index (χ4n) is 3.70. The summed E-state index contributed by atoms with van der Waals surface area (Å²) in [7, 11) is 0. The van der Waals surface area contributed by atoms with Crippen molar-refractivity contribution < 1.29 is 19.1 Å². The van der Waals surface area contributed by atoms with E-state index < -0.39 is 23.6 Å². The highest BCUT2D eigenvalue weighted by Crippen LogP contribution is 2.26. The SMILES string of the molecule is CC(C(N)=O)N(Cc1cc2ccc(Oc3ccccc3)cc2n(CCCN)c1=O)C(=O)OC(C)(C)C. The predicted octanol–water partition coefficient (Wildman–Crippen LogP) is 3.75. The van der Waals surface area contributed by atoms with E-state index in [1.54, 1.807) is 31.4 Å². The van der Waals surface area contributed by atoms with Crippen LogP contribution >= 0.6 is 0 Å². The van der Waals surface area contributed by atoms with Gasteiger partial charge in [0, 0.05) is 18.2 Å². The maximum absolute atomic E-state index is 13.6. The number of carbonyl (C=O) groups is 2. The van der Waals surface area contributed by atoms with Crippen LogP contribution in [0.1, 0.15) is 39.7 Å². The van der Waals surface area contributed by atoms with Crippen LogP contribution < -0.4 is 21.8 Å². The van der Waals surface area contributed by atoms with Gasteiger partial charge in [0.2, 0.25) is 5.91 Å². The number of rotatable bonds is 9. The summed E-state index contributed by atoms with van der Waals surface area (Å²) in [5, 5.41) is 0.776. The van der Waals surface area contributed by atoms with Crippen molar-refractivity contribution in [2.24, 2.45) is 11.5 Å². The second kappa shape index (κ2) is 11.3. The van der Waals surface area contributed by atoms with Crippen LogP contribution in [0, 0.1) is 0 Å². The van der Waals surface area contributed by atoms with E-state index in [9.17, 15) is 14.4 Å². The topological polar surface area (TPSA) is 130 Å². The zero-order chi connectivity index (χ0) is 26.5. The molecule has 1 unspecified atom stereocenters. The lowest BCUT2D eigenvalue weighted by molar-refractivity contribution is -0.122. The zero-order valence-corrected chi connectivity index (χ0v) is 21.2. The first-order valence-corrected chi connectivity index (χ1v) is 11.9. The van der Waals surface area contributed by atoms with Crippen LogP contribution in [0.5, 0.6) is 11.5 Å². The van der Waals surface area contributed by atoms with Crippen LogP contribution in [-0.2, 0) is 22.6 Å². The first-order valence-electron chi connectivity index (χ1n) is 11.9. The normalized spacial score (nSPS) is 12.2. The van der Waals surface area contributed by atoms with Gasteiger partial charge in [-0.1, -0.05) is 18.2 Å². The highest BCUT2D eigenvalue weighted by Gasteiger charge is 2.30. The molecule has 0 saturated heterocycles. The van der Waals surface area contributed by atoms with Gasteiger partial charge in [0.15, 0.2) is 0 Å². The highest BCUT2D eigenvalue weighted by atomic mass is 16.6. The number of nitrogens with two attached hydrogens (primary N) is 2. The van der Waals surface area contributed by atoms with E-state index in [1.807, 2.05) is 48.5 Å². The summed E-state index contributed by atoms with van der Waals surface area (Å²) in [6.45, 7) is 7.33. The number of para-hydroxylation sites is 1. The molecule has 1 atom stereocenters. The number of amides is 2. The Balaban J connectivity index is 2.06. The van der Waals surface area contributed by atoms with Gasteiger partial charge in [-0.15, -0.1) is 0 Å². The maximum atomic E-state index is 13.6. The molecule has 0 aliphatic carbocycles. The van der Waals surface area contributed by atoms with Gasteiger partial charge in [0.25, 0.3) is 5.56 Å². The molecule has 4 N–H and O–H groups in total. The number of aryl methyl sites for hydroxylation is 1. The molecule has 0 radical (unpaired) electrons. The van der Waals surface area contributed by atoms with Gasteiger partial charge in [-0.05, 0) is 76.4 Å². The van der Waals surface area contributed by atoms with Gasteiger partial charge in [-0.2, -0.15) is 0 Å². The van der Waals surface area contributed by atoms with Crippen LogP contribution in [0.3, 0.4) is 0 Å². The number of fused-ring (bicyclic) bond motifs is 1. The van der Waals surface area contributed by atoms with Crippen molar-refractivity contribution >= 4 is 22.9 Å². The number of nitrogens with zero attached hydrogens (tertiary/aromatic N) is 2. The number of pyridine rings is 1. The van der Waals surface area contributed by atoms with Crippen molar-refractivity contribution in [2.75, 3.05) is 6.54 Å². The molecule has 2 aromatic carbocycles. The van der Waals surface area contributed by atoms with Crippen molar-refractivity contribution in [3.63, 3.8) is 0 Å². The van der Waals surface area contributed by atoms with Gasteiger partial charge >= 0.3 is 6.09 Å². The van der Waals surface area contributed by atoms with Crippen LogP contribution in [0.25, 0.3) is 10.9 Å². The van der Waals surface area contributed by atoms with Crippen molar-refractivity contribution in [3.8, 4) is 11.5 Å². The van der Waals surface area contributed by atoms with E-state index >= 15 is 0 Å². The van der Waals surface area contributed by atoms with E-state index in [4.69, 9.17) is 20.9 Å². The smallest absolute Gasteiger partial charge is 0.411 e. The van der Waals surface area contributed by atoms with Gasteiger partial charge in [-0.3, -0.25) is 14.5 Å². The molecule has 1 aromatic heterocycles. The average Bonchev–Trinajstić information content (AvgIpc) is 2.81. The van der Waals surface area contributed by atoms with E-state index in [-0.39, 0.29) is 12.1 Å². The molecule has 1 heterocycles. The van der Waals surface area contributed by atoms with E-state index in [2.05, 4.69) is 0 Å². The van der Waals surface area contributed by atoms with Crippen molar-refractivity contribution in [3.05, 3.63) is 70.5 Å². The van der Waals surface area contributed by atoms with Crippen LogP contribution in [0.2, 0.25) is 0 Å². The average molecular weight is 495 g/mol. The lowest BCUT2D eigenvalue weighted by Gasteiger charge is -2.30. The molecule has 0 aliphatic rings. The zero-order valence-electron chi connectivity index (χ0n) is 21.2. The van der Waals surface area contributed by atoms with E-state index in [1.165, 1.54) is 11.8 Å². The minimum atomic E-state index is -0.978. The fraction of sp³-hybridized carbons (Fsp3) is 0.370. The lowest BCUT2D eigenvalue weighted by atomic mass is 10.1. The molecule has 3 aromatic rings. The quantitative estimate of drug-likeness (QED) is 0.466. The Morgan fingerprint density at radius 1 is 1.06 bits per heavy atom. The number of primary amides is 1. The summed E-state index contributed by atoms with van der Waals surface area (Å²) in [6.07, 6.45) is -0.149. The molecule has 3 rings (SSSR count). The molecule has 0 spiro atoms. The number of aromatic nitrogens is 1. The molecule has 2 amide bonds. The summed E-state index contributed by atoms with van der Waals surface area (Å²) < 4.78 is 13.1. The predicted molar refractivity (Wildman–Crippen MR) is 139 cm³/mol. The maximum Gasteiger partial charge on any atom is 0.411 e. The summed E-state index contributed by atoms with van der Waals surface area (Å²) >= 11 is 0. The van der Waals surface area contributed by atoms with Gasteiger partial charge in [0.1, 0.15) is 23.1 Å². The molecule has 0 fully saturated rings. The molecular weight excluding hydrogens is 460 g/mol. The Morgan fingerprint density at radius 3 is 2.36 bits per heavy atom. The molecule has 0 aliphatic heterocycles. The Hall–Kier alpha value is -3.85. The third kappa shape index (κ3) is 6.63. The Kier molecular flexibility index (Phi) is 8.37. The number of ether oxygens (including phenoxy) is 2. The Bertz CT molecular complexity index is 1280. The molecule has 9 heteroatoms. The van der Waals surface area contributed by atoms with Gasteiger partial charge < -0.3 is 25.5 Å². The van der Waals surface area contributed by atoms with Gasteiger partial charge in [-0.25, -0.2) is 4.79 Å². The summed E-state index contributed by atoms with van der Waals surface area (Å²) in [5.41, 5.74) is 11.2. The minimum absolute atomic E-state index is 0.140. The van der Waals surface area contributed by atoms with E-state index in [0.29, 0.717) is 42.1 Å². The number of carbonyl (C=O) groups excluding carboxylic acids is 2. The largest absolute Gasteiger partial charge is 0.457 e. The molecular formula is C27H34N4O5. The van der Waals surface area contributed by atoms with Crippen LogP contribution in [-0.4, -0.2) is 39.7 Å². The highest BCUT2D eigenvalue weighted by molar-refractivity contribution is 5.84. The molecule has 36 heavy (non-hydrogen) atoms. The Labute approximate surface area is 210 Å². The number of hydrogen-bond donors (Lipinski definition) is 2. The second-order valence-electron chi connectivity index (χ2n) is 9.59. The fourth-order valence-corrected chi connectivity index (χ4v) is 3.70. The van der Waals surface area contributed by atoms with Crippen LogP contribution in [0.4, 0.5) is 4.79 Å². The van der Waals surface area contributed by atoms with Crippen molar-refractivity contribution in [2.45, 2.75) is 58.8 Å². The first-order chi connectivity index (χ1) is 17.0. The molecule has 9 nitrogen and oxygen atoms in total. The molecule has 192 valence electrons. The third-order valence-electron chi connectivity index (χ3n) is 5.55. The number of benzene rings is 2. The molecule has 0 saturated carbocycles. The van der Waals surface area contributed by atoms with Crippen molar-refractivity contribution in [1.82, 2.24) is 9.47 Å². The summed E-state index contributed by atoms with van der Waals surface area (Å²) in [5.74, 6) is 0.561. The van der Waals surface area contributed by atoms with E-state index in [0.717, 1.165) is 5.39 Å². The van der Waals surface area contributed by atoms with Gasteiger partial charge in [0.05, 0.1) is 12.1 Å². The lowest BCUT2D eigenvalue weighted by Crippen LogP contribution is -2.48. The third-order valence-corrected chi connectivity index (χ3v) is 5.55. The second-order valence-corrected chi connectivity index (χ2v) is 9.59. The number of hydrogen-bond acceptors (Lipinski definition) is 6. The Morgan fingerprint density at radius 2 is 1.75 bits per heavy atom. The van der Waals surface area contributed by atoms with Crippen molar-refractivity contribution in [1.29, 1.82) is 0 Å². The summed E-state index contributed by atoms with van der Waals surface area (Å²) in [6, 6.07) is 15.6. The first kappa shape index (κ1) is 26.7. The standard InChI is InChI=1S/C27H34N4O5/c1-18(24(29)32)31(26(34)36-27(2,3)4)17-20-15-19-11-12-22(35-21-9-6-5-7-10-21)16-23(19)30(25(20)33)14-8-13-28/h5-7,9-12,15-16,18H,8,13-14,17,28H2,1-4H3,(H2,29,32). The monoisotopic (exact) mass is 494 g/mol. The minimum Gasteiger partial charge on any atom is -0.457 e. The summed E-state index contributed by atoms with van der Waals surface area (Å²) in [4.78, 5) is 39.6.